The number of aryl methyl sites for hydroxylation is 1. The lowest BCUT2D eigenvalue weighted by Gasteiger charge is -2.26. The summed E-state index contributed by atoms with van der Waals surface area (Å²) in [5, 5.41) is 6.36. The predicted molar refractivity (Wildman–Crippen MR) is 98.7 cm³/mol. The quantitative estimate of drug-likeness (QED) is 0.769. The summed E-state index contributed by atoms with van der Waals surface area (Å²) in [7, 11) is 0. The van der Waals surface area contributed by atoms with E-state index >= 15 is 0 Å². The minimum absolute atomic E-state index is 0.0556. The molecule has 0 saturated carbocycles. The van der Waals surface area contributed by atoms with Gasteiger partial charge in [0.15, 0.2) is 0 Å². The van der Waals surface area contributed by atoms with Crippen LogP contribution in [0.2, 0.25) is 5.02 Å². The number of benzene rings is 2. The molecule has 0 spiro atoms. The van der Waals surface area contributed by atoms with Crippen LogP contribution in [0, 0.1) is 0 Å². The molecule has 6 heteroatoms. The van der Waals surface area contributed by atoms with Gasteiger partial charge in [-0.05, 0) is 48.6 Å². The summed E-state index contributed by atoms with van der Waals surface area (Å²) >= 11 is 6.01. The van der Waals surface area contributed by atoms with Gasteiger partial charge in [-0.3, -0.25) is 9.59 Å². The van der Waals surface area contributed by atoms with Gasteiger partial charge in [0.1, 0.15) is 0 Å². The Balaban J connectivity index is 1.59. The molecule has 2 amide bonds. The monoisotopic (exact) mass is 357 g/mol. The molecule has 130 valence electrons. The summed E-state index contributed by atoms with van der Waals surface area (Å²) in [6, 6.07) is 13.1. The fraction of sp³-hybridized carbons (Fsp3) is 0.263. The molecule has 0 bridgehead atoms. The van der Waals surface area contributed by atoms with E-state index in [2.05, 4.69) is 22.8 Å². The van der Waals surface area contributed by atoms with Crippen LogP contribution in [0.1, 0.15) is 40.4 Å². The van der Waals surface area contributed by atoms with Crippen molar-refractivity contribution < 1.29 is 9.59 Å². The van der Waals surface area contributed by atoms with Crippen LogP contribution >= 0.6 is 11.6 Å². The molecule has 0 radical (unpaired) electrons. The van der Waals surface area contributed by atoms with Gasteiger partial charge in [-0.2, -0.15) is 0 Å². The normalized spacial score (nSPS) is 16.0. The molecule has 0 aliphatic heterocycles. The first-order chi connectivity index (χ1) is 12.0. The van der Waals surface area contributed by atoms with Crippen LogP contribution in [-0.4, -0.2) is 18.4 Å². The summed E-state index contributed by atoms with van der Waals surface area (Å²) < 4.78 is 0. The molecule has 5 nitrogen and oxygen atoms in total. The number of hydrogen-bond acceptors (Lipinski definition) is 3. The van der Waals surface area contributed by atoms with E-state index in [1.807, 2.05) is 12.1 Å². The molecule has 3 rings (SSSR count). The molecule has 1 atom stereocenters. The minimum Gasteiger partial charge on any atom is -0.376 e. The molecule has 0 fully saturated rings. The first-order valence-corrected chi connectivity index (χ1v) is 8.63. The van der Waals surface area contributed by atoms with Gasteiger partial charge in [-0.15, -0.1) is 0 Å². The lowest BCUT2D eigenvalue weighted by Crippen LogP contribution is -2.35. The Morgan fingerprint density at radius 1 is 1.20 bits per heavy atom. The van der Waals surface area contributed by atoms with Crippen molar-refractivity contribution in [3.8, 4) is 0 Å². The van der Waals surface area contributed by atoms with Gasteiger partial charge in [0.25, 0.3) is 0 Å². The zero-order chi connectivity index (χ0) is 17.8. The molecule has 25 heavy (non-hydrogen) atoms. The second-order valence-electron chi connectivity index (χ2n) is 6.12. The number of amides is 2. The number of primary amides is 1. The maximum atomic E-state index is 12.3. The molecule has 2 aromatic carbocycles. The van der Waals surface area contributed by atoms with Crippen LogP contribution in [0.4, 0.5) is 5.69 Å². The standard InChI is InChI=1S/C19H20ClN3O2/c20-16-10-13(8-9-15(16)19(21)25)22-11-18(24)23-17-7-3-5-12-4-1-2-6-14(12)17/h1-2,4,6,8-10,17,22H,3,5,7,11H2,(H2,21,25)(H,23,24). The average molecular weight is 358 g/mol. The molecule has 1 aliphatic rings. The fourth-order valence-corrected chi connectivity index (χ4v) is 3.43. The number of carbonyl (C=O) groups excluding carboxylic acids is 2. The minimum atomic E-state index is -0.578. The lowest BCUT2D eigenvalue weighted by atomic mass is 9.88. The molecule has 0 saturated heterocycles. The van der Waals surface area contributed by atoms with E-state index in [9.17, 15) is 9.59 Å². The maximum absolute atomic E-state index is 12.3. The second kappa shape index (κ2) is 7.57. The molecule has 4 N–H and O–H groups in total. The molecule has 0 aromatic heterocycles. The number of hydrogen-bond donors (Lipinski definition) is 3. The van der Waals surface area contributed by atoms with Crippen molar-refractivity contribution in [3.05, 3.63) is 64.2 Å². The third kappa shape index (κ3) is 4.12. The van der Waals surface area contributed by atoms with E-state index in [1.165, 1.54) is 11.1 Å². The number of nitrogens with one attached hydrogen (secondary N) is 2. The van der Waals surface area contributed by atoms with E-state index in [4.69, 9.17) is 17.3 Å². The second-order valence-corrected chi connectivity index (χ2v) is 6.53. The van der Waals surface area contributed by atoms with Gasteiger partial charge in [-0.1, -0.05) is 35.9 Å². The van der Waals surface area contributed by atoms with Crippen molar-refractivity contribution in [3.63, 3.8) is 0 Å². The van der Waals surface area contributed by atoms with Crippen LogP contribution in [0.3, 0.4) is 0 Å². The third-order valence-electron chi connectivity index (χ3n) is 4.39. The van der Waals surface area contributed by atoms with Crippen LogP contribution in [0.15, 0.2) is 42.5 Å². The van der Waals surface area contributed by atoms with Crippen LogP contribution in [-0.2, 0) is 11.2 Å². The third-order valence-corrected chi connectivity index (χ3v) is 4.70. The van der Waals surface area contributed by atoms with Crippen LogP contribution in [0.25, 0.3) is 0 Å². The van der Waals surface area contributed by atoms with Gasteiger partial charge < -0.3 is 16.4 Å². The summed E-state index contributed by atoms with van der Waals surface area (Å²) in [6.45, 7) is 0.130. The highest BCUT2D eigenvalue weighted by Crippen LogP contribution is 2.29. The summed E-state index contributed by atoms with van der Waals surface area (Å²) in [5.41, 5.74) is 8.65. The smallest absolute Gasteiger partial charge is 0.250 e. The Hall–Kier alpha value is -2.53. The number of anilines is 1. The number of halogens is 1. The van der Waals surface area contributed by atoms with E-state index in [0.29, 0.717) is 5.69 Å². The van der Waals surface area contributed by atoms with Gasteiger partial charge in [-0.25, -0.2) is 0 Å². The first kappa shape index (κ1) is 17.3. The SMILES string of the molecule is NC(=O)c1ccc(NCC(=O)NC2CCCc3ccccc32)cc1Cl. The number of rotatable bonds is 5. The summed E-state index contributed by atoms with van der Waals surface area (Å²) in [4.78, 5) is 23.4. The predicted octanol–water partition coefficient (Wildman–Crippen LogP) is 3.04. The Bertz CT molecular complexity index is 807. The molecule has 1 aliphatic carbocycles. The van der Waals surface area contributed by atoms with Crippen molar-refractivity contribution in [2.75, 3.05) is 11.9 Å². The highest BCUT2D eigenvalue weighted by atomic mass is 35.5. The highest BCUT2D eigenvalue weighted by molar-refractivity contribution is 6.34. The van der Waals surface area contributed by atoms with Crippen molar-refractivity contribution in [1.82, 2.24) is 5.32 Å². The van der Waals surface area contributed by atoms with Gasteiger partial charge in [0, 0.05) is 5.69 Å². The number of fused-ring (bicyclic) bond motifs is 1. The largest absolute Gasteiger partial charge is 0.376 e. The van der Waals surface area contributed by atoms with E-state index in [0.717, 1.165) is 19.3 Å². The average Bonchev–Trinajstić information content (AvgIpc) is 2.60. The molecular formula is C19H20ClN3O2. The number of nitrogens with two attached hydrogens (primary N) is 1. The highest BCUT2D eigenvalue weighted by Gasteiger charge is 2.21. The van der Waals surface area contributed by atoms with E-state index in [-0.39, 0.29) is 29.1 Å². The van der Waals surface area contributed by atoms with E-state index in [1.54, 1.807) is 18.2 Å². The van der Waals surface area contributed by atoms with Crippen molar-refractivity contribution in [2.24, 2.45) is 5.73 Å². The van der Waals surface area contributed by atoms with Gasteiger partial charge >= 0.3 is 0 Å². The Kier molecular flexibility index (Phi) is 5.24. The van der Waals surface area contributed by atoms with Crippen molar-refractivity contribution in [2.45, 2.75) is 25.3 Å². The first-order valence-electron chi connectivity index (χ1n) is 8.25. The lowest BCUT2D eigenvalue weighted by molar-refractivity contribution is -0.120. The molecule has 1 unspecified atom stereocenters. The summed E-state index contributed by atoms with van der Waals surface area (Å²) in [6.07, 6.45) is 3.08. The van der Waals surface area contributed by atoms with E-state index < -0.39 is 5.91 Å². The topological polar surface area (TPSA) is 84.2 Å². The van der Waals surface area contributed by atoms with Gasteiger partial charge in [0.05, 0.1) is 23.2 Å². The van der Waals surface area contributed by atoms with Crippen LogP contribution < -0.4 is 16.4 Å². The van der Waals surface area contributed by atoms with Crippen molar-refractivity contribution in [1.29, 1.82) is 0 Å². The molecular weight excluding hydrogens is 338 g/mol. The fourth-order valence-electron chi connectivity index (χ4n) is 3.16. The van der Waals surface area contributed by atoms with Gasteiger partial charge in [0.2, 0.25) is 11.8 Å². The maximum Gasteiger partial charge on any atom is 0.250 e. The number of carbonyl (C=O) groups is 2. The zero-order valence-electron chi connectivity index (χ0n) is 13.7. The molecule has 0 heterocycles. The van der Waals surface area contributed by atoms with Crippen LogP contribution in [0.5, 0.6) is 0 Å². The zero-order valence-corrected chi connectivity index (χ0v) is 14.5. The molecule has 2 aromatic rings. The van der Waals surface area contributed by atoms with Crippen molar-refractivity contribution >= 4 is 29.1 Å². The summed E-state index contributed by atoms with van der Waals surface area (Å²) in [5.74, 6) is -0.665. The Labute approximate surface area is 151 Å². The Morgan fingerprint density at radius 2 is 2.00 bits per heavy atom. The Morgan fingerprint density at radius 3 is 2.76 bits per heavy atom.